The van der Waals surface area contributed by atoms with E-state index in [2.05, 4.69) is 22.2 Å². The highest BCUT2D eigenvalue weighted by atomic mass is 19.1. The summed E-state index contributed by atoms with van der Waals surface area (Å²) >= 11 is 0. The van der Waals surface area contributed by atoms with Crippen molar-refractivity contribution in [2.75, 3.05) is 23.3 Å². The van der Waals surface area contributed by atoms with E-state index in [1.54, 1.807) is 0 Å². The summed E-state index contributed by atoms with van der Waals surface area (Å²) in [5.74, 6) is -1.63. The van der Waals surface area contributed by atoms with Crippen LogP contribution in [0.5, 0.6) is 0 Å². The number of halogens is 1. The lowest BCUT2D eigenvalue weighted by atomic mass is 9.79. The normalized spacial score (nSPS) is 22.3. The average Bonchev–Trinajstić information content (AvgIpc) is 2.68. The molecule has 1 amide bonds. The SMILES string of the molecule is CC1CCN(c2nc3c(c(=O)[nH]2)C(c2ccc(F)cc2)C(C#N)C(=O)N3)CC1. The van der Waals surface area contributed by atoms with Crippen molar-refractivity contribution < 1.29 is 9.18 Å². The molecule has 2 N–H and O–H groups in total. The van der Waals surface area contributed by atoms with Crippen LogP contribution >= 0.6 is 0 Å². The Labute approximate surface area is 161 Å². The molecule has 1 saturated heterocycles. The number of aromatic nitrogens is 2. The second-order valence-corrected chi connectivity index (χ2v) is 7.45. The number of fused-ring (bicyclic) bond motifs is 1. The number of piperidine rings is 1. The Bertz CT molecular complexity index is 1000. The van der Waals surface area contributed by atoms with Gasteiger partial charge in [0.15, 0.2) is 0 Å². The van der Waals surface area contributed by atoms with Gasteiger partial charge in [0, 0.05) is 19.0 Å². The summed E-state index contributed by atoms with van der Waals surface area (Å²) in [6.07, 6.45) is 2.00. The van der Waals surface area contributed by atoms with Gasteiger partial charge in [-0.2, -0.15) is 10.2 Å². The third kappa shape index (κ3) is 3.13. The lowest BCUT2D eigenvalue weighted by molar-refractivity contribution is -0.119. The zero-order valence-electron chi connectivity index (χ0n) is 15.4. The largest absolute Gasteiger partial charge is 0.342 e. The van der Waals surface area contributed by atoms with Crippen molar-refractivity contribution in [3.8, 4) is 6.07 Å². The summed E-state index contributed by atoms with van der Waals surface area (Å²) in [7, 11) is 0. The molecule has 1 fully saturated rings. The second kappa shape index (κ2) is 7.08. The fourth-order valence-corrected chi connectivity index (χ4v) is 3.90. The number of amides is 1. The van der Waals surface area contributed by atoms with Crippen LogP contribution in [-0.2, 0) is 4.79 Å². The number of hydrogen-bond acceptors (Lipinski definition) is 5. The molecule has 2 atom stereocenters. The molecule has 0 spiro atoms. The van der Waals surface area contributed by atoms with Crippen LogP contribution in [0.1, 0.15) is 36.8 Å². The summed E-state index contributed by atoms with van der Waals surface area (Å²) in [6, 6.07) is 7.46. The van der Waals surface area contributed by atoms with Crippen molar-refractivity contribution in [3.63, 3.8) is 0 Å². The number of aromatic amines is 1. The molecule has 1 aromatic heterocycles. The van der Waals surface area contributed by atoms with Crippen molar-refractivity contribution in [1.82, 2.24) is 9.97 Å². The molecule has 8 heteroatoms. The van der Waals surface area contributed by atoms with Crippen molar-refractivity contribution in [2.45, 2.75) is 25.7 Å². The minimum Gasteiger partial charge on any atom is -0.342 e. The first-order valence-electron chi connectivity index (χ1n) is 9.33. The van der Waals surface area contributed by atoms with Crippen LogP contribution in [0.2, 0.25) is 0 Å². The third-order valence-corrected chi connectivity index (χ3v) is 5.56. The molecule has 28 heavy (non-hydrogen) atoms. The molecule has 144 valence electrons. The van der Waals surface area contributed by atoms with Gasteiger partial charge < -0.3 is 10.2 Å². The molecule has 2 aliphatic heterocycles. The highest BCUT2D eigenvalue weighted by Crippen LogP contribution is 2.38. The number of carbonyl (C=O) groups is 1. The van der Waals surface area contributed by atoms with E-state index in [1.165, 1.54) is 24.3 Å². The monoisotopic (exact) mass is 381 g/mol. The van der Waals surface area contributed by atoms with Crippen LogP contribution in [-0.4, -0.2) is 29.0 Å². The summed E-state index contributed by atoms with van der Waals surface area (Å²) in [5, 5.41) is 12.1. The number of H-pyrrole nitrogens is 1. The predicted octanol–water partition coefficient (Wildman–Crippen LogP) is 2.37. The highest BCUT2D eigenvalue weighted by Gasteiger charge is 2.40. The summed E-state index contributed by atoms with van der Waals surface area (Å²) < 4.78 is 13.3. The van der Waals surface area contributed by atoms with E-state index in [-0.39, 0.29) is 11.4 Å². The van der Waals surface area contributed by atoms with Crippen molar-refractivity contribution in [1.29, 1.82) is 5.26 Å². The molecule has 4 rings (SSSR count). The molecule has 1 aromatic carbocycles. The number of nitrogens with one attached hydrogen (secondary N) is 2. The first-order valence-corrected chi connectivity index (χ1v) is 9.33. The fraction of sp³-hybridized carbons (Fsp3) is 0.400. The zero-order chi connectivity index (χ0) is 19.8. The second-order valence-electron chi connectivity index (χ2n) is 7.45. The molecule has 0 saturated carbocycles. The summed E-state index contributed by atoms with van der Waals surface area (Å²) in [4.78, 5) is 34.8. The molecule has 2 aliphatic rings. The first-order chi connectivity index (χ1) is 13.5. The molecule has 0 bridgehead atoms. The number of nitrogens with zero attached hydrogens (tertiary/aromatic N) is 3. The van der Waals surface area contributed by atoms with E-state index in [1.807, 2.05) is 11.0 Å². The Morgan fingerprint density at radius 2 is 1.89 bits per heavy atom. The lowest BCUT2D eigenvalue weighted by Gasteiger charge is -2.33. The number of hydrogen-bond donors (Lipinski definition) is 2. The van der Waals surface area contributed by atoms with Gasteiger partial charge in [0.05, 0.1) is 11.6 Å². The Hall–Kier alpha value is -3.21. The van der Waals surface area contributed by atoms with Crippen molar-refractivity contribution >= 4 is 17.7 Å². The van der Waals surface area contributed by atoms with E-state index < -0.39 is 29.1 Å². The van der Waals surface area contributed by atoms with E-state index in [0.29, 0.717) is 17.4 Å². The molecule has 3 heterocycles. The number of rotatable bonds is 2. The van der Waals surface area contributed by atoms with E-state index in [0.717, 1.165) is 25.9 Å². The maximum atomic E-state index is 13.3. The standard InChI is InChI=1S/C20H20FN5O2/c1-11-6-8-26(9-7-11)20-24-17-16(19(28)25-20)15(14(10-22)18(27)23-17)12-2-4-13(21)5-3-12/h2-5,11,14-15H,6-9H2,1H3,(H2,23,24,25,27,28). The van der Waals surface area contributed by atoms with Gasteiger partial charge in [-0.05, 0) is 36.5 Å². The smallest absolute Gasteiger partial charge is 0.258 e. The Kier molecular flexibility index (Phi) is 4.59. The molecule has 0 radical (unpaired) electrons. The van der Waals surface area contributed by atoms with E-state index in [4.69, 9.17) is 0 Å². The summed E-state index contributed by atoms with van der Waals surface area (Å²) in [5.41, 5.74) is 0.357. The molecular formula is C20H20FN5O2. The Balaban J connectivity index is 1.80. The van der Waals surface area contributed by atoms with Gasteiger partial charge in [-0.3, -0.25) is 14.6 Å². The quantitative estimate of drug-likeness (QED) is 0.832. The van der Waals surface area contributed by atoms with E-state index in [9.17, 15) is 19.2 Å². The van der Waals surface area contributed by atoms with Gasteiger partial charge >= 0.3 is 0 Å². The Morgan fingerprint density at radius 3 is 2.54 bits per heavy atom. The van der Waals surface area contributed by atoms with Gasteiger partial charge in [-0.1, -0.05) is 19.1 Å². The average molecular weight is 381 g/mol. The number of carbonyl (C=O) groups excluding carboxylic acids is 1. The molecule has 7 nitrogen and oxygen atoms in total. The fourth-order valence-electron chi connectivity index (χ4n) is 3.90. The molecule has 0 aliphatic carbocycles. The molecule has 2 unspecified atom stereocenters. The van der Waals surface area contributed by atoms with Crippen LogP contribution in [0.25, 0.3) is 0 Å². The van der Waals surface area contributed by atoms with Crippen LogP contribution < -0.4 is 15.8 Å². The number of benzene rings is 1. The van der Waals surface area contributed by atoms with Gasteiger partial charge in [-0.25, -0.2) is 4.39 Å². The minimum absolute atomic E-state index is 0.170. The lowest BCUT2D eigenvalue weighted by Crippen LogP contribution is -2.40. The van der Waals surface area contributed by atoms with Crippen LogP contribution in [0.15, 0.2) is 29.1 Å². The van der Waals surface area contributed by atoms with Crippen molar-refractivity contribution in [3.05, 3.63) is 51.6 Å². The predicted molar refractivity (Wildman–Crippen MR) is 101 cm³/mol. The maximum Gasteiger partial charge on any atom is 0.258 e. The van der Waals surface area contributed by atoms with Gasteiger partial charge in [0.1, 0.15) is 17.6 Å². The topological polar surface area (TPSA) is 102 Å². The zero-order valence-corrected chi connectivity index (χ0v) is 15.4. The third-order valence-electron chi connectivity index (χ3n) is 5.56. The number of nitriles is 1. The maximum absolute atomic E-state index is 13.3. The van der Waals surface area contributed by atoms with Crippen molar-refractivity contribution in [2.24, 2.45) is 11.8 Å². The van der Waals surface area contributed by atoms with Crippen LogP contribution in [0.4, 0.5) is 16.2 Å². The minimum atomic E-state index is -1.09. The van der Waals surface area contributed by atoms with Gasteiger partial charge in [-0.15, -0.1) is 0 Å². The Morgan fingerprint density at radius 1 is 1.21 bits per heavy atom. The van der Waals surface area contributed by atoms with E-state index >= 15 is 0 Å². The number of anilines is 2. The highest BCUT2D eigenvalue weighted by molar-refractivity contribution is 5.97. The summed E-state index contributed by atoms with van der Waals surface area (Å²) in [6.45, 7) is 3.74. The van der Waals surface area contributed by atoms with Gasteiger partial charge in [0.25, 0.3) is 5.56 Å². The van der Waals surface area contributed by atoms with Crippen LogP contribution in [0.3, 0.4) is 0 Å². The van der Waals surface area contributed by atoms with Gasteiger partial charge in [0.2, 0.25) is 11.9 Å². The first kappa shape index (κ1) is 18.2. The molecular weight excluding hydrogens is 361 g/mol. The van der Waals surface area contributed by atoms with Crippen LogP contribution in [0, 0.1) is 29.0 Å². The molecule has 2 aromatic rings.